The normalized spacial score (nSPS) is 12.3. The Bertz CT molecular complexity index is 824. The number of aromatic nitrogens is 1. The first kappa shape index (κ1) is 24.0. The Kier molecular flexibility index (Phi) is 8.99. The lowest BCUT2D eigenvalue weighted by Gasteiger charge is -2.25. The number of pyridine rings is 1. The summed E-state index contributed by atoms with van der Waals surface area (Å²) in [6.45, 7) is 12.0. The van der Waals surface area contributed by atoms with Crippen LogP contribution in [0, 0.1) is 18.8 Å². The zero-order chi connectivity index (χ0) is 22.3. The second-order valence-corrected chi connectivity index (χ2v) is 9.25. The standard InChI is InChI=1S/C23H33N3O3S/c1-17(2)12-14-25(15-13-18(3)4)23(27)20-8-11-22(24-16-20)26(30(28)29)21-9-6-19(5)7-10-21/h6-11,16-18H,12-15H2,1-5H3,(H,28,29). The van der Waals surface area contributed by atoms with E-state index in [0.29, 0.717) is 42.0 Å². The van der Waals surface area contributed by atoms with Gasteiger partial charge in [0.25, 0.3) is 17.2 Å². The van der Waals surface area contributed by atoms with Crippen molar-refractivity contribution < 1.29 is 13.6 Å². The Morgan fingerprint density at radius 3 is 2.00 bits per heavy atom. The summed E-state index contributed by atoms with van der Waals surface area (Å²) in [5.74, 6) is 1.29. The van der Waals surface area contributed by atoms with Gasteiger partial charge in [0.05, 0.1) is 11.3 Å². The fourth-order valence-corrected chi connectivity index (χ4v) is 3.51. The summed E-state index contributed by atoms with van der Waals surface area (Å²) in [7, 11) is 0. The van der Waals surface area contributed by atoms with E-state index in [0.717, 1.165) is 18.4 Å². The van der Waals surface area contributed by atoms with Gasteiger partial charge >= 0.3 is 0 Å². The van der Waals surface area contributed by atoms with Crippen LogP contribution < -0.4 is 4.31 Å². The molecule has 1 amide bonds. The molecular formula is C23H33N3O3S. The molecule has 0 aliphatic carbocycles. The molecule has 0 aliphatic rings. The van der Waals surface area contributed by atoms with Gasteiger partial charge in [0.2, 0.25) is 0 Å². The van der Waals surface area contributed by atoms with Gasteiger partial charge in [0, 0.05) is 19.3 Å². The van der Waals surface area contributed by atoms with Gasteiger partial charge in [-0.15, -0.1) is 0 Å². The number of aryl methyl sites for hydroxylation is 1. The Morgan fingerprint density at radius 2 is 1.57 bits per heavy atom. The topological polar surface area (TPSA) is 73.7 Å². The number of rotatable bonds is 10. The highest BCUT2D eigenvalue weighted by molar-refractivity contribution is 7.81. The maximum Gasteiger partial charge on any atom is 0.267 e. The highest BCUT2D eigenvalue weighted by atomic mass is 32.2. The number of carbonyl (C=O) groups is 1. The van der Waals surface area contributed by atoms with E-state index in [4.69, 9.17) is 0 Å². The predicted molar refractivity (Wildman–Crippen MR) is 123 cm³/mol. The van der Waals surface area contributed by atoms with Gasteiger partial charge in [-0.25, -0.2) is 13.5 Å². The largest absolute Gasteiger partial charge is 0.339 e. The van der Waals surface area contributed by atoms with Crippen molar-refractivity contribution >= 4 is 28.7 Å². The molecule has 7 heteroatoms. The molecule has 0 saturated heterocycles. The minimum atomic E-state index is -2.28. The van der Waals surface area contributed by atoms with Crippen molar-refractivity contribution in [2.45, 2.75) is 47.5 Å². The summed E-state index contributed by atoms with van der Waals surface area (Å²) in [6.07, 6.45) is 3.38. The number of benzene rings is 1. The molecule has 1 unspecified atom stereocenters. The van der Waals surface area contributed by atoms with Crippen LogP contribution in [0.3, 0.4) is 0 Å². The van der Waals surface area contributed by atoms with E-state index in [1.54, 1.807) is 24.3 Å². The van der Waals surface area contributed by atoms with Crippen LogP contribution in [0.2, 0.25) is 0 Å². The number of hydrogen-bond acceptors (Lipinski definition) is 3. The fourth-order valence-electron chi connectivity index (χ4n) is 2.94. The van der Waals surface area contributed by atoms with E-state index in [2.05, 4.69) is 32.7 Å². The molecule has 1 aromatic carbocycles. The second-order valence-electron chi connectivity index (χ2n) is 8.42. The first-order chi connectivity index (χ1) is 14.2. The van der Waals surface area contributed by atoms with Crippen LogP contribution in [0.5, 0.6) is 0 Å². The van der Waals surface area contributed by atoms with Gasteiger partial charge in [-0.1, -0.05) is 45.4 Å². The molecule has 0 fully saturated rings. The Balaban J connectivity index is 2.22. The summed E-state index contributed by atoms with van der Waals surface area (Å²) in [5, 5.41) is 0. The molecule has 0 aliphatic heterocycles. The number of hydrogen-bond donors (Lipinski definition) is 1. The number of carbonyl (C=O) groups excluding carboxylic acids is 1. The van der Waals surface area contributed by atoms with Gasteiger partial charge in [0.1, 0.15) is 5.82 Å². The molecule has 0 spiro atoms. The zero-order valence-corrected chi connectivity index (χ0v) is 19.4. The van der Waals surface area contributed by atoms with E-state index >= 15 is 0 Å². The van der Waals surface area contributed by atoms with Crippen molar-refractivity contribution in [1.82, 2.24) is 9.88 Å². The first-order valence-electron chi connectivity index (χ1n) is 10.4. The number of amides is 1. The van der Waals surface area contributed by atoms with E-state index < -0.39 is 11.3 Å². The molecular weight excluding hydrogens is 398 g/mol. The fraction of sp³-hybridized carbons (Fsp3) is 0.478. The van der Waals surface area contributed by atoms with Crippen LogP contribution >= 0.6 is 0 Å². The smallest absolute Gasteiger partial charge is 0.267 e. The third-order valence-corrected chi connectivity index (χ3v) is 5.58. The lowest BCUT2D eigenvalue weighted by Crippen LogP contribution is -2.34. The molecule has 164 valence electrons. The molecule has 1 aromatic heterocycles. The maximum absolute atomic E-state index is 13.1. The molecule has 0 radical (unpaired) electrons. The predicted octanol–water partition coefficient (Wildman–Crippen LogP) is 5.20. The molecule has 30 heavy (non-hydrogen) atoms. The molecule has 6 nitrogen and oxygen atoms in total. The Hall–Kier alpha value is -2.25. The van der Waals surface area contributed by atoms with Gasteiger partial charge in [-0.05, 0) is 55.9 Å². The molecule has 0 bridgehead atoms. The Labute approximate surface area is 182 Å². The van der Waals surface area contributed by atoms with Gasteiger partial charge in [-0.3, -0.25) is 9.35 Å². The summed E-state index contributed by atoms with van der Waals surface area (Å²) in [5.41, 5.74) is 2.10. The summed E-state index contributed by atoms with van der Waals surface area (Å²) in [6, 6.07) is 10.6. The highest BCUT2D eigenvalue weighted by Gasteiger charge is 2.20. The van der Waals surface area contributed by atoms with Crippen molar-refractivity contribution in [3.8, 4) is 0 Å². The van der Waals surface area contributed by atoms with E-state index in [1.165, 1.54) is 10.5 Å². The Morgan fingerprint density at radius 1 is 1.00 bits per heavy atom. The SMILES string of the molecule is Cc1ccc(N(c2ccc(C(=O)N(CCC(C)C)CCC(C)C)cn2)S(=O)O)cc1. The average molecular weight is 432 g/mol. The van der Waals surface area contributed by atoms with Crippen LogP contribution in [-0.4, -0.2) is 37.6 Å². The molecule has 2 aromatic rings. The zero-order valence-electron chi connectivity index (χ0n) is 18.5. The summed E-state index contributed by atoms with van der Waals surface area (Å²) in [4.78, 5) is 19.3. The van der Waals surface area contributed by atoms with Crippen molar-refractivity contribution in [1.29, 1.82) is 0 Å². The molecule has 2 rings (SSSR count). The van der Waals surface area contributed by atoms with Crippen molar-refractivity contribution in [3.05, 3.63) is 53.7 Å². The van der Waals surface area contributed by atoms with Gasteiger partial charge < -0.3 is 4.90 Å². The quantitative estimate of drug-likeness (QED) is 0.525. The third kappa shape index (κ3) is 6.92. The van der Waals surface area contributed by atoms with Gasteiger partial charge in [0.15, 0.2) is 0 Å². The average Bonchev–Trinajstić information content (AvgIpc) is 2.69. The highest BCUT2D eigenvalue weighted by Crippen LogP contribution is 2.25. The lowest BCUT2D eigenvalue weighted by atomic mass is 10.1. The van der Waals surface area contributed by atoms with E-state index in [1.807, 2.05) is 24.0 Å². The summed E-state index contributed by atoms with van der Waals surface area (Å²) < 4.78 is 22.9. The van der Waals surface area contributed by atoms with Crippen LogP contribution in [0.4, 0.5) is 11.5 Å². The van der Waals surface area contributed by atoms with E-state index in [9.17, 15) is 13.6 Å². The monoisotopic (exact) mass is 431 g/mol. The molecule has 1 atom stereocenters. The second kappa shape index (κ2) is 11.2. The maximum atomic E-state index is 13.1. The van der Waals surface area contributed by atoms with Gasteiger partial charge in [-0.2, -0.15) is 0 Å². The van der Waals surface area contributed by atoms with Crippen LogP contribution in [-0.2, 0) is 11.3 Å². The lowest BCUT2D eigenvalue weighted by molar-refractivity contribution is 0.0740. The minimum absolute atomic E-state index is 0.0534. The molecule has 1 heterocycles. The van der Waals surface area contributed by atoms with Crippen LogP contribution in [0.1, 0.15) is 56.5 Å². The third-order valence-electron chi connectivity index (χ3n) is 4.87. The van der Waals surface area contributed by atoms with Crippen molar-refractivity contribution in [2.75, 3.05) is 17.4 Å². The van der Waals surface area contributed by atoms with Crippen molar-refractivity contribution in [2.24, 2.45) is 11.8 Å². The number of anilines is 2. The van der Waals surface area contributed by atoms with Crippen LogP contribution in [0.25, 0.3) is 0 Å². The first-order valence-corrected chi connectivity index (χ1v) is 11.5. The molecule has 1 N–H and O–H groups in total. The van der Waals surface area contributed by atoms with Crippen molar-refractivity contribution in [3.63, 3.8) is 0 Å². The molecule has 0 saturated carbocycles. The minimum Gasteiger partial charge on any atom is -0.339 e. The number of nitrogens with zero attached hydrogens (tertiary/aromatic N) is 3. The van der Waals surface area contributed by atoms with Crippen LogP contribution in [0.15, 0.2) is 42.6 Å². The van der Waals surface area contributed by atoms with E-state index in [-0.39, 0.29) is 5.91 Å². The summed E-state index contributed by atoms with van der Waals surface area (Å²) >= 11 is -2.28.